The smallest absolute Gasteiger partial charge is 0.0234 e. The van der Waals surface area contributed by atoms with Crippen LogP contribution < -0.4 is 5.32 Å². The number of nitrogens with one attached hydrogen (secondary N) is 1. The minimum Gasteiger partial charge on any atom is -0.313 e. The molecule has 0 spiro atoms. The Kier molecular flexibility index (Phi) is 5.74. The van der Waals surface area contributed by atoms with Crippen molar-refractivity contribution < 1.29 is 0 Å². The van der Waals surface area contributed by atoms with Crippen molar-refractivity contribution in [3.05, 3.63) is 35.4 Å². The second-order valence-electron chi connectivity index (χ2n) is 5.55. The van der Waals surface area contributed by atoms with Crippen molar-refractivity contribution in [2.24, 2.45) is 0 Å². The Labute approximate surface area is 122 Å². The third-order valence-corrected chi connectivity index (χ3v) is 4.73. The summed E-state index contributed by atoms with van der Waals surface area (Å²) in [4.78, 5) is 2.59. The molecule has 0 aromatic heterocycles. The van der Waals surface area contributed by atoms with E-state index in [2.05, 4.69) is 67.0 Å². The summed E-state index contributed by atoms with van der Waals surface area (Å²) in [6.07, 6.45) is 0. The molecule has 1 saturated heterocycles. The Morgan fingerprint density at radius 1 is 1.11 bits per heavy atom. The first-order chi connectivity index (χ1) is 9.17. The predicted molar refractivity (Wildman–Crippen MR) is 85.6 cm³/mol. The lowest BCUT2D eigenvalue weighted by atomic mass is 10.1. The van der Waals surface area contributed by atoms with Crippen molar-refractivity contribution in [3.8, 4) is 0 Å². The maximum atomic E-state index is 3.36. The fraction of sp³-hybridized carbons (Fsp3) is 0.625. The van der Waals surface area contributed by atoms with Crippen molar-refractivity contribution in [2.75, 3.05) is 19.6 Å². The van der Waals surface area contributed by atoms with Crippen LogP contribution in [0.5, 0.6) is 0 Å². The molecule has 106 valence electrons. The number of hydrogen-bond acceptors (Lipinski definition) is 3. The summed E-state index contributed by atoms with van der Waals surface area (Å²) in [6.45, 7) is 12.4. The van der Waals surface area contributed by atoms with Gasteiger partial charge in [-0.05, 0) is 17.7 Å². The number of thioether (sulfide) groups is 1. The summed E-state index contributed by atoms with van der Waals surface area (Å²) in [5.74, 6) is 0. The molecular formula is C16H26N2S. The molecule has 2 nitrogen and oxygen atoms in total. The molecule has 19 heavy (non-hydrogen) atoms. The molecule has 0 aliphatic carbocycles. The molecule has 2 atom stereocenters. The summed E-state index contributed by atoms with van der Waals surface area (Å²) in [5, 5.41) is 4.89. The van der Waals surface area contributed by atoms with E-state index in [-0.39, 0.29) is 0 Å². The van der Waals surface area contributed by atoms with Crippen molar-refractivity contribution in [3.63, 3.8) is 0 Å². The Balaban J connectivity index is 1.88. The van der Waals surface area contributed by atoms with Crippen LogP contribution in [0.3, 0.4) is 0 Å². The van der Waals surface area contributed by atoms with Crippen LogP contribution in [0.15, 0.2) is 24.3 Å². The third-order valence-electron chi connectivity index (χ3n) is 3.50. The Morgan fingerprint density at radius 3 is 2.26 bits per heavy atom. The lowest BCUT2D eigenvalue weighted by Gasteiger charge is -2.34. The minimum atomic E-state index is 0.761. The molecule has 0 saturated carbocycles. The van der Waals surface area contributed by atoms with Gasteiger partial charge in [0.2, 0.25) is 0 Å². The van der Waals surface area contributed by atoms with E-state index in [1.165, 1.54) is 24.2 Å². The number of hydrogen-bond donors (Lipinski definition) is 1. The van der Waals surface area contributed by atoms with Crippen LogP contribution in [-0.2, 0) is 13.1 Å². The number of nitrogens with zero attached hydrogens (tertiary/aromatic N) is 1. The van der Waals surface area contributed by atoms with Gasteiger partial charge >= 0.3 is 0 Å². The first kappa shape index (κ1) is 14.9. The van der Waals surface area contributed by atoms with Gasteiger partial charge in [-0.15, -0.1) is 0 Å². The van der Waals surface area contributed by atoms with Gasteiger partial charge in [0.15, 0.2) is 0 Å². The van der Waals surface area contributed by atoms with Gasteiger partial charge in [-0.2, -0.15) is 11.8 Å². The zero-order valence-corrected chi connectivity index (χ0v) is 13.2. The van der Waals surface area contributed by atoms with Crippen molar-refractivity contribution in [1.82, 2.24) is 10.2 Å². The molecule has 0 amide bonds. The predicted octanol–water partition coefficient (Wildman–Crippen LogP) is 3.12. The Hall–Kier alpha value is -0.510. The van der Waals surface area contributed by atoms with Gasteiger partial charge in [-0.3, -0.25) is 4.90 Å². The van der Waals surface area contributed by atoms with E-state index in [1.54, 1.807) is 0 Å². The molecule has 1 aromatic rings. The SMILES string of the molecule is CCNCc1ccc(CN2CC(C)SC(C)C2)cc1. The third kappa shape index (κ3) is 4.83. The van der Waals surface area contributed by atoms with Crippen molar-refractivity contribution in [2.45, 2.75) is 44.4 Å². The number of rotatable bonds is 5. The van der Waals surface area contributed by atoms with Crippen LogP contribution in [0.25, 0.3) is 0 Å². The lowest BCUT2D eigenvalue weighted by Crippen LogP contribution is -2.39. The highest BCUT2D eigenvalue weighted by molar-refractivity contribution is 8.00. The maximum Gasteiger partial charge on any atom is 0.0234 e. The quantitative estimate of drug-likeness (QED) is 0.891. The van der Waals surface area contributed by atoms with Gasteiger partial charge < -0.3 is 5.32 Å². The summed E-state index contributed by atoms with van der Waals surface area (Å²) >= 11 is 2.12. The maximum absolute atomic E-state index is 3.36. The topological polar surface area (TPSA) is 15.3 Å². The van der Waals surface area contributed by atoms with Crippen LogP contribution in [0, 0.1) is 0 Å². The molecule has 2 rings (SSSR count). The van der Waals surface area contributed by atoms with E-state index < -0.39 is 0 Å². The largest absolute Gasteiger partial charge is 0.313 e. The highest BCUT2D eigenvalue weighted by Crippen LogP contribution is 2.25. The fourth-order valence-corrected chi connectivity index (χ4v) is 4.09. The average molecular weight is 278 g/mol. The van der Waals surface area contributed by atoms with E-state index in [9.17, 15) is 0 Å². The first-order valence-corrected chi connectivity index (χ1v) is 8.28. The van der Waals surface area contributed by atoms with E-state index >= 15 is 0 Å². The molecule has 1 aliphatic rings. The highest BCUT2D eigenvalue weighted by Gasteiger charge is 2.21. The van der Waals surface area contributed by atoms with Crippen LogP contribution in [0.4, 0.5) is 0 Å². The second-order valence-corrected chi connectivity index (χ2v) is 7.43. The van der Waals surface area contributed by atoms with E-state index in [0.717, 1.165) is 30.1 Å². The molecule has 3 heteroatoms. The van der Waals surface area contributed by atoms with Gasteiger partial charge in [0.1, 0.15) is 0 Å². The Bertz CT molecular complexity index is 367. The van der Waals surface area contributed by atoms with Crippen LogP contribution in [-0.4, -0.2) is 35.0 Å². The van der Waals surface area contributed by atoms with E-state index in [1.807, 2.05) is 0 Å². The normalized spacial score (nSPS) is 24.6. The van der Waals surface area contributed by atoms with Crippen LogP contribution >= 0.6 is 11.8 Å². The summed E-state index contributed by atoms with van der Waals surface area (Å²) in [5.41, 5.74) is 2.81. The number of benzene rings is 1. The molecule has 2 unspecified atom stereocenters. The van der Waals surface area contributed by atoms with Gasteiger partial charge in [-0.1, -0.05) is 45.0 Å². The zero-order valence-electron chi connectivity index (χ0n) is 12.4. The molecule has 1 fully saturated rings. The fourth-order valence-electron chi connectivity index (χ4n) is 2.70. The standard InChI is InChI=1S/C16H26N2S/c1-4-17-9-15-5-7-16(8-6-15)12-18-10-13(2)19-14(3)11-18/h5-8,13-14,17H,4,9-12H2,1-3H3. The van der Waals surface area contributed by atoms with Crippen molar-refractivity contribution in [1.29, 1.82) is 0 Å². The first-order valence-electron chi connectivity index (χ1n) is 7.33. The van der Waals surface area contributed by atoms with Gasteiger partial charge in [-0.25, -0.2) is 0 Å². The second kappa shape index (κ2) is 7.32. The summed E-state index contributed by atoms with van der Waals surface area (Å²) < 4.78 is 0. The zero-order chi connectivity index (χ0) is 13.7. The van der Waals surface area contributed by atoms with Gasteiger partial charge in [0, 0.05) is 36.7 Å². The summed E-state index contributed by atoms with van der Waals surface area (Å²) in [7, 11) is 0. The molecular weight excluding hydrogens is 252 g/mol. The molecule has 1 aromatic carbocycles. The van der Waals surface area contributed by atoms with Gasteiger partial charge in [0.25, 0.3) is 0 Å². The summed E-state index contributed by atoms with van der Waals surface area (Å²) in [6, 6.07) is 9.07. The monoisotopic (exact) mass is 278 g/mol. The molecule has 1 aliphatic heterocycles. The lowest BCUT2D eigenvalue weighted by molar-refractivity contribution is 0.263. The van der Waals surface area contributed by atoms with Crippen molar-refractivity contribution >= 4 is 11.8 Å². The Morgan fingerprint density at radius 2 is 1.68 bits per heavy atom. The average Bonchev–Trinajstić information content (AvgIpc) is 2.37. The van der Waals surface area contributed by atoms with Crippen LogP contribution in [0.1, 0.15) is 31.9 Å². The molecule has 0 radical (unpaired) electrons. The molecule has 0 bridgehead atoms. The minimum absolute atomic E-state index is 0.761. The van der Waals surface area contributed by atoms with Gasteiger partial charge in [0.05, 0.1) is 0 Å². The van der Waals surface area contributed by atoms with E-state index in [4.69, 9.17) is 0 Å². The molecule has 1 N–H and O–H groups in total. The van der Waals surface area contributed by atoms with E-state index in [0.29, 0.717) is 0 Å². The molecule has 1 heterocycles. The van der Waals surface area contributed by atoms with Crippen LogP contribution in [0.2, 0.25) is 0 Å². The highest BCUT2D eigenvalue weighted by atomic mass is 32.2.